The van der Waals surface area contributed by atoms with Crippen molar-refractivity contribution in [3.8, 4) is 0 Å². The molecule has 1 atom stereocenters. The molecule has 116 valence electrons. The van der Waals surface area contributed by atoms with Gasteiger partial charge in [-0.15, -0.1) is 0 Å². The van der Waals surface area contributed by atoms with Crippen molar-refractivity contribution in [3.63, 3.8) is 0 Å². The molecule has 0 fully saturated rings. The van der Waals surface area contributed by atoms with Crippen LogP contribution in [0.3, 0.4) is 0 Å². The number of nitro benzene ring substituents is 1. The van der Waals surface area contributed by atoms with Crippen molar-refractivity contribution < 1.29 is 10.0 Å². The lowest BCUT2D eigenvalue weighted by atomic mass is 10.1. The molecule has 0 saturated heterocycles. The average molecular weight is 300 g/mol. The van der Waals surface area contributed by atoms with E-state index in [2.05, 4.69) is 12.1 Å². The van der Waals surface area contributed by atoms with Crippen LogP contribution in [0.4, 0.5) is 5.69 Å². The highest BCUT2D eigenvalue weighted by Crippen LogP contribution is 2.19. The molecule has 0 aliphatic rings. The van der Waals surface area contributed by atoms with Crippen LogP contribution in [0.1, 0.15) is 17.2 Å². The molecular formula is C17H20N2O3. The van der Waals surface area contributed by atoms with Gasteiger partial charge in [-0.3, -0.25) is 10.1 Å². The van der Waals surface area contributed by atoms with Gasteiger partial charge in [-0.1, -0.05) is 42.5 Å². The van der Waals surface area contributed by atoms with Crippen LogP contribution in [0, 0.1) is 10.1 Å². The lowest BCUT2D eigenvalue weighted by Crippen LogP contribution is -2.26. The number of hydrogen-bond donors (Lipinski definition) is 1. The number of nitro groups is 1. The summed E-state index contributed by atoms with van der Waals surface area (Å²) >= 11 is 0. The molecule has 0 bridgehead atoms. The van der Waals surface area contributed by atoms with Gasteiger partial charge in [-0.2, -0.15) is 0 Å². The van der Waals surface area contributed by atoms with E-state index in [9.17, 15) is 15.2 Å². The second-order valence-corrected chi connectivity index (χ2v) is 5.37. The summed E-state index contributed by atoms with van der Waals surface area (Å²) in [5, 5.41) is 21.0. The Bertz CT molecular complexity index is 616. The van der Waals surface area contributed by atoms with E-state index >= 15 is 0 Å². The normalized spacial score (nSPS) is 12.3. The first-order valence-electron chi connectivity index (χ1n) is 7.21. The Kier molecular flexibility index (Phi) is 5.63. The van der Waals surface area contributed by atoms with E-state index in [1.807, 2.05) is 30.1 Å². The summed E-state index contributed by atoms with van der Waals surface area (Å²) in [7, 11) is 1.93. The molecule has 0 heterocycles. The van der Waals surface area contributed by atoms with Crippen molar-refractivity contribution in [2.45, 2.75) is 12.5 Å². The standard InChI is InChI=1S/C17H20N2O3/c1-18(11-10-14-6-3-2-4-7-14)13-17(20)15-8-5-9-16(12-15)19(21)22/h2-9,12,17,20H,10-11,13H2,1H3/t17-/m0/s1. The maximum absolute atomic E-state index is 10.8. The first-order valence-corrected chi connectivity index (χ1v) is 7.21. The highest BCUT2D eigenvalue weighted by molar-refractivity contribution is 5.35. The molecule has 0 unspecified atom stereocenters. The topological polar surface area (TPSA) is 66.6 Å². The maximum atomic E-state index is 10.8. The van der Waals surface area contributed by atoms with Crippen LogP contribution in [-0.4, -0.2) is 35.1 Å². The SMILES string of the molecule is CN(CCc1ccccc1)C[C@H](O)c1cccc([N+](=O)[O-])c1. The average Bonchev–Trinajstić information content (AvgIpc) is 2.54. The van der Waals surface area contributed by atoms with Gasteiger partial charge >= 0.3 is 0 Å². The van der Waals surface area contributed by atoms with E-state index in [0.717, 1.165) is 13.0 Å². The molecule has 0 spiro atoms. The van der Waals surface area contributed by atoms with Crippen LogP contribution in [0.2, 0.25) is 0 Å². The van der Waals surface area contributed by atoms with Gasteiger partial charge in [0, 0.05) is 25.2 Å². The summed E-state index contributed by atoms with van der Waals surface area (Å²) in [5.74, 6) is 0. The summed E-state index contributed by atoms with van der Waals surface area (Å²) < 4.78 is 0. The first kappa shape index (κ1) is 16.1. The number of aliphatic hydroxyl groups excluding tert-OH is 1. The van der Waals surface area contributed by atoms with Gasteiger partial charge < -0.3 is 10.0 Å². The molecule has 0 aromatic heterocycles. The maximum Gasteiger partial charge on any atom is 0.269 e. The molecule has 2 aromatic carbocycles. The van der Waals surface area contributed by atoms with E-state index in [1.54, 1.807) is 12.1 Å². The van der Waals surface area contributed by atoms with Crippen LogP contribution in [0.15, 0.2) is 54.6 Å². The number of benzene rings is 2. The molecule has 0 amide bonds. The van der Waals surface area contributed by atoms with Gasteiger partial charge in [0.1, 0.15) is 0 Å². The fourth-order valence-corrected chi connectivity index (χ4v) is 2.30. The molecule has 22 heavy (non-hydrogen) atoms. The van der Waals surface area contributed by atoms with Crippen molar-refractivity contribution >= 4 is 5.69 Å². The van der Waals surface area contributed by atoms with Crippen molar-refractivity contribution in [1.29, 1.82) is 0 Å². The third-order valence-electron chi connectivity index (χ3n) is 3.58. The molecule has 1 N–H and O–H groups in total. The van der Waals surface area contributed by atoms with Gasteiger partial charge in [0.25, 0.3) is 5.69 Å². The van der Waals surface area contributed by atoms with E-state index < -0.39 is 11.0 Å². The van der Waals surface area contributed by atoms with Crippen LogP contribution in [-0.2, 0) is 6.42 Å². The molecule has 0 saturated carbocycles. The number of non-ortho nitro benzene ring substituents is 1. The minimum atomic E-state index is -0.735. The molecule has 0 aliphatic heterocycles. The van der Waals surface area contributed by atoms with Gasteiger partial charge in [0.2, 0.25) is 0 Å². The van der Waals surface area contributed by atoms with Gasteiger partial charge in [-0.05, 0) is 24.6 Å². The molecule has 0 aliphatic carbocycles. The highest BCUT2D eigenvalue weighted by atomic mass is 16.6. The molecule has 5 heteroatoms. The number of hydrogen-bond acceptors (Lipinski definition) is 4. The monoisotopic (exact) mass is 300 g/mol. The minimum Gasteiger partial charge on any atom is -0.387 e. The zero-order valence-corrected chi connectivity index (χ0v) is 12.6. The quantitative estimate of drug-likeness (QED) is 0.630. The molecule has 5 nitrogen and oxygen atoms in total. The summed E-state index contributed by atoms with van der Waals surface area (Å²) in [6, 6.07) is 16.3. The Morgan fingerprint density at radius 1 is 1.18 bits per heavy atom. The predicted molar refractivity (Wildman–Crippen MR) is 85.7 cm³/mol. The Morgan fingerprint density at radius 2 is 1.91 bits per heavy atom. The second-order valence-electron chi connectivity index (χ2n) is 5.37. The van der Waals surface area contributed by atoms with Crippen molar-refractivity contribution in [3.05, 3.63) is 75.8 Å². The number of nitrogens with zero attached hydrogens (tertiary/aromatic N) is 2. The largest absolute Gasteiger partial charge is 0.387 e. The van der Waals surface area contributed by atoms with E-state index in [1.165, 1.54) is 17.7 Å². The third-order valence-corrected chi connectivity index (χ3v) is 3.58. The summed E-state index contributed by atoms with van der Waals surface area (Å²) in [6.45, 7) is 1.25. The van der Waals surface area contributed by atoms with Crippen molar-refractivity contribution in [2.24, 2.45) is 0 Å². The fraction of sp³-hybridized carbons (Fsp3) is 0.294. The summed E-state index contributed by atoms with van der Waals surface area (Å²) in [5.41, 5.74) is 1.82. The number of aliphatic hydroxyl groups is 1. The molecule has 2 aromatic rings. The second kappa shape index (κ2) is 7.68. The third kappa shape index (κ3) is 4.65. The lowest BCUT2D eigenvalue weighted by molar-refractivity contribution is -0.385. The molecule has 0 radical (unpaired) electrons. The van der Waals surface area contributed by atoms with Crippen LogP contribution >= 0.6 is 0 Å². The minimum absolute atomic E-state index is 0.00323. The van der Waals surface area contributed by atoms with E-state index in [0.29, 0.717) is 12.1 Å². The molecular weight excluding hydrogens is 280 g/mol. The zero-order chi connectivity index (χ0) is 15.9. The Balaban J connectivity index is 1.89. The number of likely N-dealkylation sites (N-methyl/N-ethyl adjacent to an activating group) is 1. The van der Waals surface area contributed by atoms with E-state index in [-0.39, 0.29) is 5.69 Å². The molecule has 2 rings (SSSR count). The zero-order valence-electron chi connectivity index (χ0n) is 12.6. The number of rotatable bonds is 7. The van der Waals surface area contributed by atoms with Crippen LogP contribution in [0.5, 0.6) is 0 Å². The Morgan fingerprint density at radius 3 is 2.59 bits per heavy atom. The first-order chi connectivity index (χ1) is 10.6. The Hall–Kier alpha value is -2.24. The summed E-state index contributed by atoms with van der Waals surface area (Å²) in [4.78, 5) is 12.3. The van der Waals surface area contributed by atoms with Crippen molar-refractivity contribution in [2.75, 3.05) is 20.1 Å². The highest BCUT2D eigenvalue weighted by Gasteiger charge is 2.14. The van der Waals surface area contributed by atoms with Gasteiger partial charge in [-0.25, -0.2) is 0 Å². The lowest BCUT2D eigenvalue weighted by Gasteiger charge is -2.20. The van der Waals surface area contributed by atoms with Crippen LogP contribution < -0.4 is 0 Å². The summed E-state index contributed by atoms with van der Waals surface area (Å²) in [6.07, 6.45) is 0.166. The fourth-order valence-electron chi connectivity index (χ4n) is 2.30. The smallest absolute Gasteiger partial charge is 0.269 e. The van der Waals surface area contributed by atoms with Crippen LogP contribution in [0.25, 0.3) is 0 Å². The Labute approximate surface area is 130 Å². The predicted octanol–water partition coefficient (Wildman–Crippen LogP) is 2.80. The van der Waals surface area contributed by atoms with Crippen molar-refractivity contribution in [1.82, 2.24) is 4.90 Å². The van der Waals surface area contributed by atoms with Gasteiger partial charge in [0.15, 0.2) is 0 Å². The van der Waals surface area contributed by atoms with Gasteiger partial charge in [0.05, 0.1) is 11.0 Å². The van der Waals surface area contributed by atoms with E-state index in [4.69, 9.17) is 0 Å².